The van der Waals surface area contributed by atoms with Crippen LogP contribution in [-0.2, 0) is 4.79 Å². The lowest BCUT2D eigenvalue weighted by atomic mass is 10.2. The molecule has 0 aliphatic rings. The lowest BCUT2D eigenvalue weighted by Crippen LogP contribution is -1.93. The summed E-state index contributed by atoms with van der Waals surface area (Å²) < 4.78 is 5.78. The number of carbonyl (C=O) groups is 1. The number of ketones is 1. The third-order valence-corrected chi connectivity index (χ3v) is 2.27. The molecule has 0 fully saturated rings. The molecule has 1 rings (SSSR count). The SMILES string of the molecule is CC(C)=O.CC/C=C\C=C(/CC)Oc1ccc(C)cc1. The van der Waals surface area contributed by atoms with E-state index in [0.717, 1.165) is 24.4 Å². The summed E-state index contributed by atoms with van der Waals surface area (Å²) in [5.41, 5.74) is 1.25. The topological polar surface area (TPSA) is 26.3 Å². The van der Waals surface area contributed by atoms with Crippen molar-refractivity contribution in [3.8, 4) is 5.75 Å². The minimum Gasteiger partial charge on any atom is -0.462 e. The molecule has 20 heavy (non-hydrogen) atoms. The fraction of sp³-hybridized carbons (Fsp3) is 0.389. The maximum atomic E-state index is 9.44. The van der Waals surface area contributed by atoms with E-state index >= 15 is 0 Å². The molecule has 0 bridgehead atoms. The lowest BCUT2D eigenvalue weighted by Gasteiger charge is -2.07. The van der Waals surface area contributed by atoms with Crippen molar-refractivity contribution in [3.05, 3.63) is 53.8 Å². The smallest absolute Gasteiger partial charge is 0.126 e. The Balaban J connectivity index is 0.000000796. The van der Waals surface area contributed by atoms with E-state index in [2.05, 4.69) is 39.0 Å². The number of hydrogen-bond acceptors (Lipinski definition) is 2. The third-order valence-electron chi connectivity index (χ3n) is 2.27. The molecule has 0 heterocycles. The molecule has 0 N–H and O–H groups in total. The van der Waals surface area contributed by atoms with E-state index in [1.54, 1.807) is 0 Å². The molecule has 1 aromatic carbocycles. The van der Waals surface area contributed by atoms with Gasteiger partial charge in [-0.05, 0) is 45.4 Å². The van der Waals surface area contributed by atoms with Crippen LogP contribution in [0.15, 0.2) is 48.3 Å². The number of aryl methyl sites for hydroxylation is 1. The van der Waals surface area contributed by atoms with Gasteiger partial charge >= 0.3 is 0 Å². The van der Waals surface area contributed by atoms with Gasteiger partial charge in [-0.2, -0.15) is 0 Å². The molecule has 0 spiro atoms. The standard InChI is InChI=1S/C15H20O.C3H6O/c1-4-6-7-8-14(5-2)16-15-11-9-13(3)10-12-15;1-3(2)4/h6-12H,4-5H2,1-3H3;1-2H3/b7-6-,14-8+;. The van der Waals surface area contributed by atoms with Gasteiger partial charge in [0.2, 0.25) is 0 Å². The monoisotopic (exact) mass is 274 g/mol. The van der Waals surface area contributed by atoms with Crippen LogP contribution in [0, 0.1) is 6.92 Å². The molecule has 0 amide bonds. The van der Waals surface area contributed by atoms with Crippen molar-refractivity contribution in [2.45, 2.75) is 47.5 Å². The molecule has 0 unspecified atom stereocenters. The zero-order valence-electron chi connectivity index (χ0n) is 13.3. The van der Waals surface area contributed by atoms with Gasteiger partial charge in [0.15, 0.2) is 0 Å². The molecule has 0 aliphatic carbocycles. The number of allylic oxidation sites excluding steroid dienone is 4. The van der Waals surface area contributed by atoms with Gasteiger partial charge in [0.1, 0.15) is 17.3 Å². The molecule has 0 radical (unpaired) electrons. The van der Waals surface area contributed by atoms with Gasteiger partial charge in [-0.1, -0.05) is 43.7 Å². The van der Waals surface area contributed by atoms with Gasteiger partial charge < -0.3 is 9.53 Å². The number of Topliss-reactive ketones (excluding diaryl/α,β-unsaturated/α-hetero) is 1. The van der Waals surface area contributed by atoms with Crippen molar-refractivity contribution >= 4 is 5.78 Å². The van der Waals surface area contributed by atoms with Crippen LogP contribution in [0.4, 0.5) is 0 Å². The average Bonchev–Trinajstić information content (AvgIpc) is 2.39. The van der Waals surface area contributed by atoms with Gasteiger partial charge in [0, 0.05) is 6.42 Å². The zero-order valence-corrected chi connectivity index (χ0v) is 13.3. The van der Waals surface area contributed by atoms with E-state index in [1.807, 2.05) is 24.3 Å². The van der Waals surface area contributed by atoms with Crippen LogP contribution in [0.5, 0.6) is 5.75 Å². The quantitative estimate of drug-likeness (QED) is 0.543. The van der Waals surface area contributed by atoms with E-state index < -0.39 is 0 Å². The van der Waals surface area contributed by atoms with Gasteiger partial charge in [-0.15, -0.1) is 0 Å². The highest BCUT2D eigenvalue weighted by Gasteiger charge is 1.96. The van der Waals surface area contributed by atoms with Crippen LogP contribution in [-0.4, -0.2) is 5.78 Å². The molecule has 2 heteroatoms. The number of rotatable bonds is 5. The molecule has 0 atom stereocenters. The second kappa shape index (κ2) is 11.0. The Bertz CT molecular complexity index is 435. The highest BCUT2D eigenvalue weighted by Crippen LogP contribution is 2.16. The molecule has 0 saturated carbocycles. The molecule has 1 aromatic rings. The van der Waals surface area contributed by atoms with Crippen LogP contribution in [0.25, 0.3) is 0 Å². The van der Waals surface area contributed by atoms with Crippen molar-refractivity contribution in [2.24, 2.45) is 0 Å². The first-order valence-corrected chi connectivity index (χ1v) is 7.07. The Morgan fingerprint density at radius 3 is 2.15 bits per heavy atom. The Labute approximate surface area is 123 Å². The molecule has 0 saturated heterocycles. The van der Waals surface area contributed by atoms with Crippen molar-refractivity contribution in [2.75, 3.05) is 0 Å². The van der Waals surface area contributed by atoms with Crippen LogP contribution < -0.4 is 4.74 Å². The van der Waals surface area contributed by atoms with Gasteiger partial charge in [0.25, 0.3) is 0 Å². The van der Waals surface area contributed by atoms with E-state index in [-0.39, 0.29) is 5.78 Å². The molecule has 0 aliphatic heterocycles. The highest BCUT2D eigenvalue weighted by molar-refractivity contribution is 5.72. The summed E-state index contributed by atoms with van der Waals surface area (Å²) in [6, 6.07) is 8.12. The van der Waals surface area contributed by atoms with Crippen molar-refractivity contribution in [1.82, 2.24) is 0 Å². The van der Waals surface area contributed by atoms with Gasteiger partial charge in [-0.25, -0.2) is 0 Å². The van der Waals surface area contributed by atoms with Crippen LogP contribution in [0.2, 0.25) is 0 Å². The number of ether oxygens (including phenoxy) is 1. The molecular formula is C18H26O2. The Hall–Kier alpha value is -1.83. The van der Waals surface area contributed by atoms with Crippen LogP contribution in [0.1, 0.15) is 46.1 Å². The second-order valence-electron chi connectivity index (χ2n) is 4.65. The largest absolute Gasteiger partial charge is 0.462 e. The van der Waals surface area contributed by atoms with Crippen molar-refractivity contribution in [1.29, 1.82) is 0 Å². The first-order valence-electron chi connectivity index (χ1n) is 7.07. The molecule has 2 nitrogen and oxygen atoms in total. The second-order valence-corrected chi connectivity index (χ2v) is 4.65. The average molecular weight is 274 g/mol. The highest BCUT2D eigenvalue weighted by atomic mass is 16.5. The van der Waals surface area contributed by atoms with E-state index in [9.17, 15) is 4.79 Å². The fourth-order valence-electron chi connectivity index (χ4n) is 1.29. The summed E-state index contributed by atoms with van der Waals surface area (Å²) in [4.78, 5) is 9.44. The van der Waals surface area contributed by atoms with E-state index in [1.165, 1.54) is 19.4 Å². The Kier molecular flexibility index (Phi) is 10.0. The Morgan fingerprint density at radius 1 is 1.15 bits per heavy atom. The zero-order chi connectivity index (χ0) is 15.4. The third kappa shape index (κ3) is 10.1. The maximum absolute atomic E-state index is 9.44. The predicted molar refractivity (Wildman–Crippen MR) is 86.0 cm³/mol. The predicted octanol–water partition coefficient (Wildman–Crippen LogP) is 5.23. The Morgan fingerprint density at radius 2 is 1.70 bits per heavy atom. The summed E-state index contributed by atoms with van der Waals surface area (Å²) in [7, 11) is 0. The summed E-state index contributed by atoms with van der Waals surface area (Å²) in [5.74, 6) is 2.07. The van der Waals surface area contributed by atoms with Crippen LogP contribution >= 0.6 is 0 Å². The van der Waals surface area contributed by atoms with Crippen LogP contribution in [0.3, 0.4) is 0 Å². The van der Waals surface area contributed by atoms with Gasteiger partial charge in [0.05, 0.1) is 0 Å². The van der Waals surface area contributed by atoms with Crippen molar-refractivity contribution < 1.29 is 9.53 Å². The minimum absolute atomic E-state index is 0.167. The number of benzene rings is 1. The maximum Gasteiger partial charge on any atom is 0.126 e. The normalized spacial score (nSPS) is 10.9. The fourth-order valence-corrected chi connectivity index (χ4v) is 1.29. The summed E-state index contributed by atoms with van der Waals surface area (Å²) in [5, 5.41) is 0. The summed E-state index contributed by atoms with van der Waals surface area (Å²) in [6.07, 6.45) is 8.16. The van der Waals surface area contributed by atoms with E-state index in [4.69, 9.17) is 4.74 Å². The van der Waals surface area contributed by atoms with Crippen molar-refractivity contribution in [3.63, 3.8) is 0 Å². The number of carbonyl (C=O) groups excluding carboxylic acids is 1. The lowest BCUT2D eigenvalue weighted by molar-refractivity contribution is -0.114. The summed E-state index contributed by atoms with van der Waals surface area (Å²) in [6.45, 7) is 9.35. The van der Waals surface area contributed by atoms with Gasteiger partial charge in [-0.3, -0.25) is 0 Å². The van der Waals surface area contributed by atoms with E-state index in [0.29, 0.717) is 0 Å². The molecule has 0 aromatic heterocycles. The summed E-state index contributed by atoms with van der Waals surface area (Å²) >= 11 is 0. The number of hydrogen-bond donors (Lipinski definition) is 0. The first kappa shape index (κ1) is 18.2. The minimum atomic E-state index is 0.167. The molecule has 110 valence electrons. The first-order chi connectivity index (χ1) is 9.49. The molecular weight excluding hydrogens is 248 g/mol.